The summed E-state index contributed by atoms with van der Waals surface area (Å²) in [5.74, 6) is -0.780. The number of esters is 1. The van der Waals surface area contributed by atoms with E-state index in [0.717, 1.165) is 11.6 Å². The third-order valence-corrected chi connectivity index (χ3v) is 1.39. The van der Waals surface area contributed by atoms with E-state index in [1.54, 1.807) is 0 Å². The maximum atomic E-state index is 10.4. The van der Waals surface area contributed by atoms with Crippen molar-refractivity contribution in [2.75, 3.05) is 13.2 Å². The molecule has 0 aliphatic heterocycles. The van der Waals surface area contributed by atoms with Crippen LogP contribution in [-0.4, -0.2) is 30.2 Å². The maximum absolute atomic E-state index is 10.4. The fourth-order valence-corrected chi connectivity index (χ4v) is 0.730. The third-order valence-electron chi connectivity index (χ3n) is 1.39. The van der Waals surface area contributed by atoms with Crippen LogP contribution in [-0.2, 0) is 14.3 Å². The molecule has 1 amide bonds. The van der Waals surface area contributed by atoms with E-state index in [-0.39, 0.29) is 12.5 Å². The van der Waals surface area contributed by atoms with Crippen molar-refractivity contribution in [2.24, 2.45) is 5.73 Å². The minimum absolute atomic E-state index is 0.144. The average Bonchev–Trinajstić information content (AvgIpc) is 2.23. The number of hydrogen-bond donors (Lipinski definition) is 2. The molecule has 98 valence electrons. The zero-order chi connectivity index (χ0) is 13.7. The van der Waals surface area contributed by atoms with E-state index in [9.17, 15) is 9.59 Å². The Morgan fingerprint density at radius 1 is 1.35 bits per heavy atom. The number of carbonyl (C=O) groups excluding carboxylic acids is 2. The molecule has 0 spiro atoms. The van der Waals surface area contributed by atoms with Gasteiger partial charge >= 0.3 is 5.97 Å². The van der Waals surface area contributed by atoms with Gasteiger partial charge in [-0.2, -0.15) is 0 Å². The second-order valence-corrected chi connectivity index (χ2v) is 3.43. The van der Waals surface area contributed by atoms with Crippen LogP contribution in [0.3, 0.4) is 0 Å². The topological polar surface area (TPSA) is 89.6 Å². The van der Waals surface area contributed by atoms with Gasteiger partial charge in [-0.3, -0.25) is 4.79 Å². The summed E-state index contributed by atoms with van der Waals surface area (Å²) in [6, 6.07) is 0. The maximum Gasteiger partial charge on any atom is 0.330 e. The van der Waals surface area contributed by atoms with Crippen LogP contribution in [0, 0.1) is 0 Å². The van der Waals surface area contributed by atoms with Crippen molar-refractivity contribution >= 4 is 11.9 Å². The number of unbranched alkanes of at least 4 members (excludes halogenated alkanes) is 1. The molecule has 0 aromatic heterocycles. The molecule has 5 nitrogen and oxygen atoms in total. The van der Waals surface area contributed by atoms with Gasteiger partial charge < -0.3 is 15.6 Å². The van der Waals surface area contributed by atoms with Crippen molar-refractivity contribution in [1.29, 1.82) is 0 Å². The van der Waals surface area contributed by atoms with Crippen molar-refractivity contribution in [3.63, 3.8) is 0 Å². The largest absolute Gasteiger partial charge is 0.463 e. The Bertz CT molecular complexity index is 268. The van der Waals surface area contributed by atoms with Crippen molar-refractivity contribution in [3.05, 3.63) is 24.3 Å². The summed E-state index contributed by atoms with van der Waals surface area (Å²) < 4.78 is 4.63. The molecule has 3 N–H and O–H groups in total. The van der Waals surface area contributed by atoms with Gasteiger partial charge in [0.15, 0.2) is 0 Å². The van der Waals surface area contributed by atoms with E-state index in [0.29, 0.717) is 19.4 Å². The van der Waals surface area contributed by atoms with Gasteiger partial charge in [-0.1, -0.05) is 12.2 Å². The normalized spacial score (nSPS) is 8.41. The number of aliphatic hydroxyl groups excluding tert-OH is 1. The summed E-state index contributed by atoms with van der Waals surface area (Å²) in [5.41, 5.74) is 5.72. The number of nitrogens with two attached hydrogens (primary N) is 1. The molecular weight excluding hydrogens is 222 g/mol. The molecule has 0 unspecified atom stereocenters. The van der Waals surface area contributed by atoms with Crippen LogP contribution in [0.4, 0.5) is 0 Å². The summed E-state index contributed by atoms with van der Waals surface area (Å²) >= 11 is 0. The molecule has 0 heterocycles. The minimum atomic E-state index is -0.405. The molecule has 0 aromatic carbocycles. The van der Waals surface area contributed by atoms with Gasteiger partial charge in [0, 0.05) is 18.8 Å². The monoisotopic (exact) mass is 243 g/mol. The van der Waals surface area contributed by atoms with Crippen LogP contribution in [0.1, 0.15) is 26.7 Å². The molecule has 0 saturated carbocycles. The molecule has 0 bridgehead atoms. The number of ether oxygens (including phenoxy) is 1. The molecule has 0 aliphatic rings. The second kappa shape index (κ2) is 12.4. The SMILES string of the molecule is C=CC(=O)OCCCCO.CC(C)=CC(N)=O. The predicted molar refractivity (Wildman–Crippen MR) is 66.1 cm³/mol. The van der Waals surface area contributed by atoms with E-state index in [1.165, 1.54) is 6.08 Å². The molecule has 0 fully saturated rings. The second-order valence-electron chi connectivity index (χ2n) is 3.43. The minimum Gasteiger partial charge on any atom is -0.463 e. The van der Waals surface area contributed by atoms with Crippen molar-refractivity contribution < 1.29 is 19.4 Å². The van der Waals surface area contributed by atoms with Crippen LogP contribution in [0.5, 0.6) is 0 Å². The van der Waals surface area contributed by atoms with Crippen LogP contribution in [0.2, 0.25) is 0 Å². The summed E-state index contributed by atoms with van der Waals surface area (Å²) in [6.45, 7) is 7.39. The van der Waals surface area contributed by atoms with Gasteiger partial charge in [-0.25, -0.2) is 4.79 Å². The highest BCUT2D eigenvalue weighted by Gasteiger charge is 1.92. The number of amides is 1. The molecule has 0 rings (SSSR count). The van der Waals surface area contributed by atoms with Gasteiger partial charge in [0.1, 0.15) is 0 Å². The number of aliphatic hydroxyl groups is 1. The first-order chi connectivity index (χ1) is 7.93. The number of allylic oxidation sites excluding steroid dienone is 1. The van der Waals surface area contributed by atoms with Crippen LogP contribution < -0.4 is 5.73 Å². The van der Waals surface area contributed by atoms with Crippen LogP contribution >= 0.6 is 0 Å². The highest BCUT2D eigenvalue weighted by molar-refractivity contribution is 5.86. The predicted octanol–water partition coefficient (Wildman–Crippen LogP) is 0.926. The van der Waals surface area contributed by atoms with E-state index in [2.05, 4.69) is 11.3 Å². The van der Waals surface area contributed by atoms with Crippen molar-refractivity contribution in [3.8, 4) is 0 Å². The van der Waals surface area contributed by atoms with Gasteiger partial charge in [0.2, 0.25) is 5.91 Å². The Kier molecular flexibility index (Phi) is 13.0. The smallest absolute Gasteiger partial charge is 0.330 e. The molecule has 0 atom stereocenters. The summed E-state index contributed by atoms with van der Waals surface area (Å²) in [7, 11) is 0. The van der Waals surface area contributed by atoms with E-state index >= 15 is 0 Å². The number of hydrogen-bond acceptors (Lipinski definition) is 4. The molecule has 0 aliphatic carbocycles. The highest BCUT2D eigenvalue weighted by Crippen LogP contribution is 1.88. The molecule has 0 aromatic rings. The quantitative estimate of drug-likeness (QED) is 0.412. The van der Waals surface area contributed by atoms with Gasteiger partial charge in [-0.15, -0.1) is 0 Å². The lowest BCUT2D eigenvalue weighted by atomic mass is 10.3. The number of primary amides is 1. The van der Waals surface area contributed by atoms with E-state index < -0.39 is 5.97 Å². The Morgan fingerprint density at radius 2 is 1.94 bits per heavy atom. The zero-order valence-corrected chi connectivity index (χ0v) is 10.4. The van der Waals surface area contributed by atoms with Gasteiger partial charge in [0.25, 0.3) is 0 Å². The zero-order valence-electron chi connectivity index (χ0n) is 10.4. The lowest BCUT2D eigenvalue weighted by Gasteiger charge is -1.98. The van der Waals surface area contributed by atoms with Crippen LogP contribution in [0.15, 0.2) is 24.3 Å². The molecule has 17 heavy (non-hydrogen) atoms. The lowest BCUT2D eigenvalue weighted by Crippen LogP contribution is -2.05. The Balaban J connectivity index is 0. The standard InChI is InChI=1S/C7H12O3.C5H9NO/c1-2-7(9)10-6-4-3-5-8;1-4(2)3-5(6)7/h2,8H,1,3-6H2;3H,1-2H3,(H2,6,7). The molecule has 5 heteroatoms. The fraction of sp³-hybridized carbons (Fsp3) is 0.500. The first-order valence-electron chi connectivity index (χ1n) is 5.28. The number of rotatable bonds is 6. The molecule has 0 radical (unpaired) electrons. The summed E-state index contributed by atoms with van der Waals surface area (Å²) in [4.78, 5) is 20.3. The third kappa shape index (κ3) is 20.5. The fourth-order valence-electron chi connectivity index (χ4n) is 0.730. The van der Waals surface area contributed by atoms with Gasteiger partial charge in [-0.05, 0) is 26.7 Å². The lowest BCUT2D eigenvalue weighted by molar-refractivity contribution is -0.137. The summed E-state index contributed by atoms with van der Waals surface area (Å²) in [6.07, 6.45) is 3.89. The first kappa shape index (κ1) is 17.8. The van der Waals surface area contributed by atoms with Crippen molar-refractivity contribution in [2.45, 2.75) is 26.7 Å². The average molecular weight is 243 g/mol. The molecule has 0 saturated heterocycles. The van der Waals surface area contributed by atoms with E-state index in [1.807, 2.05) is 13.8 Å². The Morgan fingerprint density at radius 3 is 2.24 bits per heavy atom. The van der Waals surface area contributed by atoms with E-state index in [4.69, 9.17) is 10.8 Å². The molecular formula is C12H21NO4. The van der Waals surface area contributed by atoms with Crippen molar-refractivity contribution in [1.82, 2.24) is 0 Å². The first-order valence-corrected chi connectivity index (χ1v) is 5.28. The Labute approximate surface area is 102 Å². The Hall–Kier alpha value is -1.62. The summed E-state index contributed by atoms with van der Waals surface area (Å²) in [5, 5.41) is 8.33. The highest BCUT2D eigenvalue weighted by atomic mass is 16.5. The number of carbonyl (C=O) groups is 2. The van der Waals surface area contributed by atoms with Crippen LogP contribution in [0.25, 0.3) is 0 Å². The van der Waals surface area contributed by atoms with Gasteiger partial charge in [0.05, 0.1) is 6.61 Å².